The van der Waals surface area contributed by atoms with Crippen LogP contribution in [0.1, 0.15) is 34.3 Å². The smallest absolute Gasteiger partial charge is 0.407 e. The van der Waals surface area contributed by atoms with E-state index in [-0.39, 0.29) is 19.1 Å². The average Bonchev–Trinajstić information content (AvgIpc) is 3.14. The van der Waals surface area contributed by atoms with Gasteiger partial charge in [0.15, 0.2) is 0 Å². The molecule has 0 bridgehead atoms. The third-order valence-electron chi connectivity index (χ3n) is 5.68. The van der Waals surface area contributed by atoms with Crippen LogP contribution in [0, 0.1) is 0 Å². The summed E-state index contributed by atoms with van der Waals surface area (Å²) < 4.78 is 5.45. The molecule has 3 aromatic carbocycles. The van der Waals surface area contributed by atoms with E-state index in [2.05, 4.69) is 36.2 Å². The van der Waals surface area contributed by atoms with Crippen LogP contribution >= 0.6 is 0 Å². The van der Waals surface area contributed by atoms with Crippen LogP contribution in [-0.4, -0.2) is 35.6 Å². The number of aliphatic hydroxyl groups excluding tert-OH is 2. The van der Waals surface area contributed by atoms with Gasteiger partial charge in [0.05, 0.1) is 0 Å². The molecule has 0 saturated carbocycles. The highest BCUT2D eigenvalue weighted by atomic mass is 16.5. The molecule has 0 fully saturated rings. The molecule has 3 aromatic rings. The lowest BCUT2D eigenvalue weighted by molar-refractivity contribution is 0.0185. The Hall–Kier alpha value is -3.41. The normalized spacial score (nSPS) is 14.3. The molecule has 3 N–H and O–H groups in total. The van der Waals surface area contributed by atoms with Crippen molar-refractivity contribution in [2.75, 3.05) is 13.2 Å². The second-order valence-electron chi connectivity index (χ2n) is 7.59. The van der Waals surface area contributed by atoms with Gasteiger partial charge in [-0.1, -0.05) is 85.5 Å². The van der Waals surface area contributed by atoms with Gasteiger partial charge in [-0.3, -0.25) is 0 Å². The SMILES string of the molecule is C=Cc1ccc(C(O)C(O)CNC(=O)OCC2c3ccccc3-c3ccccc32)cc1. The molecule has 2 atom stereocenters. The summed E-state index contributed by atoms with van der Waals surface area (Å²) in [7, 11) is 0. The molecule has 0 heterocycles. The molecule has 2 unspecified atom stereocenters. The number of carbonyl (C=O) groups is 1. The van der Waals surface area contributed by atoms with E-state index in [9.17, 15) is 15.0 Å². The molecule has 1 amide bonds. The number of rotatable bonds is 7. The zero-order chi connectivity index (χ0) is 21.8. The van der Waals surface area contributed by atoms with Crippen LogP contribution in [0.4, 0.5) is 4.79 Å². The predicted molar refractivity (Wildman–Crippen MR) is 121 cm³/mol. The average molecular weight is 415 g/mol. The number of amides is 1. The summed E-state index contributed by atoms with van der Waals surface area (Å²) in [4.78, 5) is 12.2. The molecular weight excluding hydrogens is 390 g/mol. The Morgan fingerprint density at radius 1 is 0.968 bits per heavy atom. The largest absolute Gasteiger partial charge is 0.449 e. The van der Waals surface area contributed by atoms with Crippen molar-refractivity contribution in [3.8, 4) is 11.1 Å². The number of aliphatic hydroxyl groups is 2. The second kappa shape index (κ2) is 9.16. The Morgan fingerprint density at radius 3 is 2.13 bits per heavy atom. The topological polar surface area (TPSA) is 78.8 Å². The first kappa shape index (κ1) is 20.8. The Kier molecular flexibility index (Phi) is 6.16. The van der Waals surface area contributed by atoms with E-state index in [1.54, 1.807) is 30.3 Å². The molecule has 0 aliphatic heterocycles. The van der Waals surface area contributed by atoms with Crippen molar-refractivity contribution in [1.82, 2.24) is 5.32 Å². The third-order valence-corrected chi connectivity index (χ3v) is 5.68. The minimum absolute atomic E-state index is 0.0305. The van der Waals surface area contributed by atoms with Gasteiger partial charge in [-0.05, 0) is 33.4 Å². The fourth-order valence-corrected chi connectivity index (χ4v) is 4.00. The summed E-state index contributed by atoms with van der Waals surface area (Å²) in [5.41, 5.74) is 6.07. The van der Waals surface area contributed by atoms with E-state index in [1.807, 2.05) is 24.3 Å². The summed E-state index contributed by atoms with van der Waals surface area (Å²) in [5, 5.41) is 23.1. The molecule has 0 spiro atoms. The minimum Gasteiger partial charge on any atom is -0.449 e. The molecule has 5 nitrogen and oxygen atoms in total. The fraction of sp³-hybridized carbons (Fsp3) is 0.192. The second-order valence-corrected chi connectivity index (χ2v) is 7.59. The standard InChI is InChI=1S/C26H25NO4/c1-2-17-11-13-18(14-12-17)25(29)24(28)15-27-26(30)31-16-23-21-9-5-3-7-19(21)20-8-4-6-10-22(20)23/h2-14,23-25,28-29H,1,15-16H2,(H,27,30). The lowest BCUT2D eigenvalue weighted by atomic mass is 9.98. The summed E-state index contributed by atoms with van der Waals surface area (Å²) in [6.07, 6.45) is -1.20. The van der Waals surface area contributed by atoms with Crippen LogP contribution in [0.3, 0.4) is 0 Å². The maximum absolute atomic E-state index is 12.2. The molecule has 1 aliphatic rings. The van der Waals surface area contributed by atoms with Crippen LogP contribution in [0.25, 0.3) is 17.2 Å². The molecule has 158 valence electrons. The van der Waals surface area contributed by atoms with Gasteiger partial charge in [-0.15, -0.1) is 0 Å². The van der Waals surface area contributed by atoms with Crippen molar-refractivity contribution < 1.29 is 19.7 Å². The first-order chi connectivity index (χ1) is 15.1. The monoisotopic (exact) mass is 415 g/mol. The number of ether oxygens (including phenoxy) is 1. The minimum atomic E-state index is -1.16. The number of alkyl carbamates (subject to hydrolysis) is 1. The van der Waals surface area contributed by atoms with Crippen LogP contribution in [0.2, 0.25) is 0 Å². The highest BCUT2D eigenvalue weighted by Gasteiger charge is 2.29. The number of hydrogen-bond acceptors (Lipinski definition) is 4. The quantitative estimate of drug-likeness (QED) is 0.539. The van der Waals surface area contributed by atoms with E-state index in [1.165, 1.54) is 0 Å². The van der Waals surface area contributed by atoms with Crippen LogP contribution in [-0.2, 0) is 4.74 Å². The summed E-state index contributed by atoms with van der Waals surface area (Å²) in [6, 6.07) is 23.3. The molecule has 5 heteroatoms. The number of fused-ring (bicyclic) bond motifs is 3. The highest BCUT2D eigenvalue weighted by Crippen LogP contribution is 2.44. The molecule has 0 radical (unpaired) electrons. The van der Waals surface area contributed by atoms with E-state index < -0.39 is 18.3 Å². The van der Waals surface area contributed by atoms with Gasteiger partial charge >= 0.3 is 6.09 Å². The summed E-state index contributed by atoms with van der Waals surface area (Å²) in [6.45, 7) is 3.76. The molecule has 0 aromatic heterocycles. The number of benzene rings is 3. The van der Waals surface area contributed by atoms with E-state index in [4.69, 9.17) is 4.74 Å². The van der Waals surface area contributed by atoms with Crippen molar-refractivity contribution in [2.45, 2.75) is 18.1 Å². The van der Waals surface area contributed by atoms with Crippen LogP contribution in [0.5, 0.6) is 0 Å². The van der Waals surface area contributed by atoms with Gasteiger partial charge < -0.3 is 20.3 Å². The number of hydrogen-bond donors (Lipinski definition) is 3. The van der Waals surface area contributed by atoms with Crippen LogP contribution < -0.4 is 5.32 Å². The maximum atomic E-state index is 12.2. The fourth-order valence-electron chi connectivity index (χ4n) is 4.00. The zero-order valence-corrected chi connectivity index (χ0v) is 17.1. The maximum Gasteiger partial charge on any atom is 0.407 e. The third kappa shape index (κ3) is 4.38. The van der Waals surface area contributed by atoms with Gasteiger partial charge in [0.1, 0.15) is 18.8 Å². The Bertz CT molecular complexity index is 1030. The first-order valence-corrected chi connectivity index (χ1v) is 10.3. The molecular formula is C26H25NO4. The van der Waals surface area contributed by atoms with Crippen molar-refractivity contribution in [3.63, 3.8) is 0 Å². The van der Waals surface area contributed by atoms with Crippen molar-refractivity contribution in [2.24, 2.45) is 0 Å². The molecule has 0 saturated heterocycles. The van der Waals surface area contributed by atoms with Crippen LogP contribution in [0.15, 0.2) is 79.4 Å². The molecule has 1 aliphatic carbocycles. The van der Waals surface area contributed by atoms with Crippen molar-refractivity contribution in [1.29, 1.82) is 0 Å². The van der Waals surface area contributed by atoms with E-state index in [0.29, 0.717) is 5.56 Å². The molecule has 31 heavy (non-hydrogen) atoms. The van der Waals surface area contributed by atoms with Gasteiger partial charge in [-0.25, -0.2) is 4.79 Å². The van der Waals surface area contributed by atoms with E-state index >= 15 is 0 Å². The van der Waals surface area contributed by atoms with Crippen molar-refractivity contribution in [3.05, 3.63) is 102 Å². The Morgan fingerprint density at radius 2 is 1.55 bits per heavy atom. The highest BCUT2D eigenvalue weighted by molar-refractivity contribution is 5.79. The molecule has 4 rings (SSSR count). The summed E-state index contributed by atoms with van der Waals surface area (Å²) in [5.74, 6) is -0.0305. The van der Waals surface area contributed by atoms with Gasteiger partial charge in [-0.2, -0.15) is 0 Å². The number of carbonyl (C=O) groups excluding carboxylic acids is 1. The van der Waals surface area contributed by atoms with Crippen molar-refractivity contribution >= 4 is 12.2 Å². The van der Waals surface area contributed by atoms with Gasteiger partial charge in [0, 0.05) is 12.5 Å². The number of nitrogens with one attached hydrogen (secondary N) is 1. The zero-order valence-electron chi connectivity index (χ0n) is 17.1. The van der Waals surface area contributed by atoms with Gasteiger partial charge in [0.2, 0.25) is 0 Å². The van der Waals surface area contributed by atoms with Gasteiger partial charge in [0.25, 0.3) is 0 Å². The lowest BCUT2D eigenvalue weighted by Gasteiger charge is -2.19. The Balaban J connectivity index is 1.33. The predicted octanol–water partition coefficient (Wildman–Crippen LogP) is 4.26. The summed E-state index contributed by atoms with van der Waals surface area (Å²) >= 11 is 0. The lowest BCUT2D eigenvalue weighted by Crippen LogP contribution is -2.36. The Labute approximate surface area is 181 Å². The van der Waals surface area contributed by atoms with E-state index in [0.717, 1.165) is 27.8 Å². The first-order valence-electron chi connectivity index (χ1n) is 10.3.